The van der Waals surface area contributed by atoms with Crippen LogP contribution in [0.2, 0.25) is 0 Å². The van der Waals surface area contributed by atoms with Crippen LogP contribution in [0, 0.1) is 5.82 Å². The van der Waals surface area contributed by atoms with Crippen LogP contribution in [0.25, 0.3) is 0 Å². The standard InChI is InChI=1S/C19H23FN2O5S/c1-22(2)12-9-14-17(25-3)8-6-16(19(14)27-11-12)21-28(23,24)13-5-7-18(26-4)15(20)10-13/h5-8,10,12,21H,9,11H2,1-4H3/t12-/m1/s1. The number of sulfonamides is 1. The number of hydrogen-bond acceptors (Lipinski definition) is 6. The van der Waals surface area contributed by atoms with Crippen molar-refractivity contribution in [2.24, 2.45) is 0 Å². The molecule has 152 valence electrons. The van der Waals surface area contributed by atoms with Crippen molar-refractivity contribution in [1.29, 1.82) is 0 Å². The number of likely N-dealkylation sites (N-methyl/N-ethyl adjacent to an activating group) is 1. The van der Waals surface area contributed by atoms with Crippen molar-refractivity contribution in [3.8, 4) is 17.2 Å². The molecule has 0 spiro atoms. The van der Waals surface area contributed by atoms with Gasteiger partial charge < -0.3 is 19.1 Å². The van der Waals surface area contributed by atoms with E-state index in [1.807, 2.05) is 19.0 Å². The molecule has 0 aromatic heterocycles. The Labute approximate surface area is 164 Å². The Hall–Kier alpha value is -2.52. The molecule has 9 heteroatoms. The Morgan fingerprint density at radius 2 is 1.82 bits per heavy atom. The van der Waals surface area contributed by atoms with Crippen molar-refractivity contribution in [1.82, 2.24) is 4.90 Å². The highest BCUT2D eigenvalue weighted by Crippen LogP contribution is 2.40. The lowest BCUT2D eigenvalue weighted by Crippen LogP contribution is -2.38. The Bertz CT molecular complexity index is 979. The zero-order valence-corrected chi connectivity index (χ0v) is 17.0. The Kier molecular flexibility index (Phi) is 5.66. The summed E-state index contributed by atoms with van der Waals surface area (Å²) < 4.78 is 58.1. The summed E-state index contributed by atoms with van der Waals surface area (Å²) in [5.74, 6) is 0.265. The quantitative estimate of drug-likeness (QED) is 0.789. The smallest absolute Gasteiger partial charge is 0.262 e. The maximum atomic E-state index is 13.9. The molecule has 2 aromatic carbocycles. The van der Waals surface area contributed by atoms with Crippen molar-refractivity contribution in [2.75, 3.05) is 39.6 Å². The summed E-state index contributed by atoms with van der Waals surface area (Å²) in [6, 6.07) is 6.87. The summed E-state index contributed by atoms with van der Waals surface area (Å²) in [6.45, 7) is 0.416. The van der Waals surface area contributed by atoms with Gasteiger partial charge in [0.05, 0.1) is 24.8 Å². The van der Waals surface area contributed by atoms with E-state index in [1.165, 1.54) is 19.2 Å². The second-order valence-corrected chi connectivity index (χ2v) is 8.34. The Morgan fingerprint density at radius 1 is 1.14 bits per heavy atom. The predicted octanol–water partition coefficient (Wildman–Crippen LogP) is 2.51. The number of ether oxygens (including phenoxy) is 3. The third-order valence-electron chi connectivity index (χ3n) is 4.71. The van der Waals surface area contributed by atoms with Gasteiger partial charge in [0.15, 0.2) is 11.6 Å². The van der Waals surface area contributed by atoms with Gasteiger partial charge in [-0.25, -0.2) is 12.8 Å². The molecule has 2 aromatic rings. The Morgan fingerprint density at radius 3 is 2.43 bits per heavy atom. The summed E-state index contributed by atoms with van der Waals surface area (Å²) >= 11 is 0. The van der Waals surface area contributed by atoms with Crippen molar-refractivity contribution in [2.45, 2.75) is 17.4 Å². The van der Waals surface area contributed by atoms with Crippen LogP contribution in [0.5, 0.6) is 17.2 Å². The van der Waals surface area contributed by atoms with Gasteiger partial charge in [0.2, 0.25) is 0 Å². The molecule has 7 nitrogen and oxygen atoms in total. The molecule has 1 N–H and O–H groups in total. The lowest BCUT2D eigenvalue weighted by Gasteiger charge is -2.32. The van der Waals surface area contributed by atoms with Crippen molar-refractivity contribution >= 4 is 15.7 Å². The number of fused-ring (bicyclic) bond motifs is 1. The topological polar surface area (TPSA) is 77.1 Å². The number of methoxy groups -OCH3 is 2. The molecule has 1 heterocycles. The minimum atomic E-state index is -4.02. The summed E-state index contributed by atoms with van der Waals surface area (Å²) in [5, 5.41) is 0. The van der Waals surface area contributed by atoms with E-state index >= 15 is 0 Å². The van der Waals surface area contributed by atoms with E-state index in [1.54, 1.807) is 19.2 Å². The SMILES string of the molecule is COc1ccc(S(=O)(=O)Nc2ccc(OC)c3c2OC[C@H](N(C)C)C3)cc1F. The molecule has 0 saturated heterocycles. The van der Waals surface area contributed by atoms with Gasteiger partial charge >= 0.3 is 0 Å². The second kappa shape index (κ2) is 7.84. The molecule has 0 unspecified atom stereocenters. The van der Waals surface area contributed by atoms with Crippen LogP contribution in [0.15, 0.2) is 35.2 Å². The molecule has 1 aliphatic heterocycles. The average Bonchev–Trinajstić information content (AvgIpc) is 2.67. The third kappa shape index (κ3) is 3.85. The normalized spacial score (nSPS) is 16.3. The maximum absolute atomic E-state index is 13.9. The van der Waals surface area contributed by atoms with Crippen molar-refractivity contribution in [3.63, 3.8) is 0 Å². The minimum Gasteiger partial charge on any atom is -0.496 e. The first-order valence-electron chi connectivity index (χ1n) is 8.62. The third-order valence-corrected chi connectivity index (χ3v) is 6.07. The summed E-state index contributed by atoms with van der Waals surface area (Å²) in [5.41, 5.74) is 1.07. The van der Waals surface area contributed by atoms with Gasteiger partial charge in [-0.3, -0.25) is 4.72 Å². The summed E-state index contributed by atoms with van der Waals surface area (Å²) in [6.07, 6.45) is 0.651. The lowest BCUT2D eigenvalue weighted by molar-refractivity contribution is 0.164. The maximum Gasteiger partial charge on any atom is 0.262 e. The van der Waals surface area contributed by atoms with E-state index < -0.39 is 15.8 Å². The minimum absolute atomic E-state index is 0.0289. The largest absolute Gasteiger partial charge is 0.496 e. The van der Waals surface area contributed by atoms with Crippen molar-refractivity contribution < 1.29 is 27.0 Å². The van der Waals surface area contributed by atoms with Gasteiger partial charge in [0, 0.05) is 11.6 Å². The number of nitrogens with one attached hydrogen (secondary N) is 1. The van der Waals surface area contributed by atoms with Crippen LogP contribution in [-0.4, -0.2) is 54.3 Å². The van der Waals surface area contributed by atoms with Crippen LogP contribution >= 0.6 is 0 Å². The number of rotatable bonds is 6. The summed E-state index contributed by atoms with van der Waals surface area (Å²) in [4.78, 5) is 1.83. The Balaban J connectivity index is 1.97. The molecule has 1 atom stereocenters. The number of nitrogens with zero attached hydrogens (tertiary/aromatic N) is 1. The van der Waals surface area contributed by atoms with Gasteiger partial charge in [0.25, 0.3) is 10.0 Å². The first-order chi connectivity index (χ1) is 13.3. The molecular weight excluding hydrogens is 387 g/mol. The van der Waals surface area contributed by atoms with Gasteiger partial charge in [-0.1, -0.05) is 0 Å². The van der Waals surface area contributed by atoms with Gasteiger partial charge in [-0.15, -0.1) is 0 Å². The average molecular weight is 410 g/mol. The molecular formula is C19H23FN2O5S. The van der Waals surface area contributed by atoms with Crippen LogP contribution in [0.3, 0.4) is 0 Å². The van der Waals surface area contributed by atoms with E-state index in [0.717, 1.165) is 11.6 Å². The molecule has 0 amide bonds. The van der Waals surface area contributed by atoms with Crippen LogP contribution in [0.4, 0.5) is 10.1 Å². The van der Waals surface area contributed by atoms with E-state index in [2.05, 4.69) is 4.72 Å². The molecule has 1 aliphatic rings. The molecule has 0 saturated carbocycles. The number of hydrogen-bond donors (Lipinski definition) is 1. The zero-order valence-electron chi connectivity index (χ0n) is 16.2. The molecule has 0 fully saturated rings. The molecule has 0 aliphatic carbocycles. The highest BCUT2D eigenvalue weighted by Gasteiger charge is 2.28. The second-order valence-electron chi connectivity index (χ2n) is 6.66. The first kappa shape index (κ1) is 20.2. The van der Waals surface area contributed by atoms with E-state index in [0.29, 0.717) is 24.5 Å². The molecule has 0 radical (unpaired) electrons. The fraction of sp³-hybridized carbons (Fsp3) is 0.368. The highest BCUT2D eigenvalue weighted by atomic mass is 32.2. The van der Waals surface area contributed by atoms with E-state index in [9.17, 15) is 12.8 Å². The summed E-state index contributed by atoms with van der Waals surface area (Å²) in [7, 11) is 2.76. The number of halogens is 1. The van der Waals surface area contributed by atoms with Crippen LogP contribution < -0.4 is 18.9 Å². The van der Waals surface area contributed by atoms with E-state index in [4.69, 9.17) is 14.2 Å². The molecule has 0 bridgehead atoms. The monoisotopic (exact) mass is 410 g/mol. The fourth-order valence-corrected chi connectivity index (χ4v) is 4.14. The molecule has 3 rings (SSSR count). The lowest BCUT2D eigenvalue weighted by atomic mass is 10.00. The first-order valence-corrected chi connectivity index (χ1v) is 10.1. The highest BCUT2D eigenvalue weighted by molar-refractivity contribution is 7.92. The predicted molar refractivity (Wildman–Crippen MR) is 103 cm³/mol. The number of benzene rings is 2. The zero-order chi connectivity index (χ0) is 20.5. The van der Waals surface area contributed by atoms with Crippen molar-refractivity contribution in [3.05, 3.63) is 41.7 Å². The fourth-order valence-electron chi connectivity index (χ4n) is 3.06. The van der Waals surface area contributed by atoms with Gasteiger partial charge in [-0.2, -0.15) is 0 Å². The van der Waals surface area contributed by atoms with Crippen LogP contribution in [-0.2, 0) is 16.4 Å². The number of anilines is 1. The van der Waals surface area contributed by atoms with Crippen LogP contribution in [0.1, 0.15) is 5.56 Å². The molecule has 28 heavy (non-hydrogen) atoms. The van der Waals surface area contributed by atoms with Gasteiger partial charge in [0.1, 0.15) is 18.1 Å². The van der Waals surface area contributed by atoms with E-state index in [-0.39, 0.29) is 22.4 Å². The van der Waals surface area contributed by atoms with Gasteiger partial charge in [-0.05, 0) is 50.8 Å².